The molecule has 0 saturated carbocycles. The largest absolute Gasteiger partial charge is 0.381 e. The summed E-state index contributed by atoms with van der Waals surface area (Å²) in [5.74, 6) is 0.695. The van der Waals surface area contributed by atoms with E-state index in [9.17, 15) is 0 Å². The van der Waals surface area contributed by atoms with Gasteiger partial charge in [-0.15, -0.1) is 11.3 Å². The summed E-state index contributed by atoms with van der Waals surface area (Å²) in [6, 6.07) is 4.34. The van der Waals surface area contributed by atoms with Crippen molar-refractivity contribution in [2.75, 3.05) is 26.9 Å². The van der Waals surface area contributed by atoms with Gasteiger partial charge in [-0.1, -0.05) is 0 Å². The zero-order chi connectivity index (χ0) is 11.9. The third kappa shape index (κ3) is 4.39. The van der Waals surface area contributed by atoms with Gasteiger partial charge in [-0.25, -0.2) is 0 Å². The Morgan fingerprint density at radius 1 is 1.35 bits per heavy atom. The Kier molecular flexibility index (Phi) is 5.45. The van der Waals surface area contributed by atoms with Crippen LogP contribution in [0.25, 0.3) is 0 Å². The Morgan fingerprint density at radius 2 is 2.12 bits per heavy atom. The lowest BCUT2D eigenvalue weighted by Crippen LogP contribution is -2.19. The van der Waals surface area contributed by atoms with Gasteiger partial charge in [0.25, 0.3) is 0 Å². The molecule has 0 radical (unpaired) electrons. The molecule has 2 rings (SSSR count). The first kappa shape index (κ1) is 13.0. The molecule has 0 atom stereocenters. The molecular weight excluding hydrogens is 234 g/mol. The maximum Gasteiger partial charge on any atom is 0.0809 e. The summed E-state index contributed by atoms with van der Waals surface area (Å²) < 4.78 is 11.1. The van der Waals surface area contributed by atoms with Gasteiger partial charge >= 0.3 is 0 Å². The van der Waals surface area contributed by atoms with Crippen molar-refractivity contribution in [2.24, 2.45) is 5.92 Å². The van der Waals surface area contributed by atoms with Crippen molar-refractivity contribution in [3.63, 3.8) is 0 Å². The predicted molar refractivity (Wildman–Crippen MR) is 70.3 cm³/mol. The maximum atomic E-state index is 5.79. The third-order valence-electron chi connectivity index (χ3n) is 3.01. The Labute approximate surface area is 107 Å². The van der Waals surface area contributed by atoms with Crippen LogP contribution >= 0.6 is 11.3 Å². The van der Waals surface area contributed by atoms with Crippen LogP contribution in [0.1, 0.15) is 22.6 Å². The molecule has 1 aliphatic heterocycles. The molecule has 0 bridgehead atoms. The first-order valence-corrected chi connectivity index (χ1v) is 7.08. The molecule has 0 aromatic carbocycles. The van der Waals surface area contributed by atoms with Crippen molar-refractivity contribution in [1.82, 2.24) is 5.32 Å². The number of rotatable bonds is 6. The highest BCUT2D eigenvalue weighted by atomic mass is 32.1. The van der Waals surface area contributed by atoms with E-state index in [4.69, 9.17) is 9.47 Å². The smallest absolute Gasteiger partial charge is 0.0809 e. The zero-order valence-corrected chi connectivity index (χ0v) is 11.2. The van der Waals surface area contributed by atoms with Crippen LogP contribution < -0.4 is 5.32 Å². The van der Waals surface area contributed by atoms with Crippen molar-refractivity contribution in [3.05, 3.63) is 21.9 Å². The van der Waals surface area contributed by atoms with E-state index in [-0.39, 0.29) is 0 Å². The van der Waals surface area contributed by atoms with Crippen LogP contribution in [0, 0.1) is 5.92 Å². The fourth-order valence-corrected chi connectivity index (χ4v) is 2.98. The van der Waals surface area contributed by atoms with Gasteiger partial charge in [-0.3, -0.25) is 0 Å². The summed E-state index contributed by atoms with van der Waals surface area (Å²) in [6.07, 6.45) is 2.30. The number of ether oxygens (including phenoxy) is 2. The summed E-state index contributed by atoms with van der Waals surface area (Å²) in [7, 11) is 1.97. The van der Waals surface area contributed by atoms with Crippen LogP contribution in [0.15, 0.2) is 12.1 Å². The van der Waals surface area contributed by atoms with E-state index in [1.54, 1.807) is 0 Å². The second-order valence-electron chi connectivity index (χ2n) is 4.47. The molecule has 1 aromatic heterocycles. The Hall–Kier alpha value is -0.420. The van der Waals surface area contributed by atoms with Crippen LogP contribution in [0.3, 0.4) is 0 Å². The highest BCUT2D eigenvalue weighted by Gasteiger charge is 2.13. The average Bonchev–Trinajstić information content (AvgIpc) is 2.79. The molecule has 1 saturated heterocycles. The fourth-order valence-electron chi connectivity index (χ4n) is 2.01. The minimum absolute atomic E-state index is 0.695. The van der Waals surface area contributed by atoms with Gasteiger partial charge in [0, 0.05) is 29.5 Å². The lowest BCUT2D eigenvalue weighted by atomic mass is 10.0. The van der Waals surface area contributed by atoms with Crippen LogP contribution in [-0.4, -0.2) is 26.9 Å². The van der Waals surface area contributed by atoms with Crippen LogP contribution in [0.4, 0.5) is 0 Å². The van der Waals surface area contributed by atoms with Crippen LogP contribution in [0.2, 0.25) is 0 Å². The van der Waals surface area contributed by atoms with Crippen molar-refractivity contribution < 1.29 is 9.47 Å². The normalized spacial score (nSPS) is 17.5. The molecule has 0 unspecified atom stereocenters. The Balaban J connectivity index is 1.66. The van der Waals surface area contributed by atoms with Gasteiger partial charge in [0.1, 0.15) is 0 Å². The first-order chi connectivity index (χ1) is 8.38. The zero-order valence-electron chi connectivity index (χ0n) is 10.4. The molecule has 0 spiro atoms. The topological polar surface area (TPSA) is 30.5 Å². The summed E-state index contributed by atoms with van der Waals surface area (Å²) in [6.45, 7) is 4.39. The van der Waals surface area contributed by atoms with E-state index in [0.717, 1.165) is 45.8 Å². The molecule has 3 nitrogen and oxygen atoms in total. The molecule has 1 aliphatic rings. The van der Waals surface area contributed by atoms with Gasteiger partial charge in [-0.2, -0.15) is 0 Å². The SMILES string of the molecule is CNCc1ccc(COCC2CCOCC2)s1. The highest BCUT2D eigenvalue weighted by molar-refractivity contribution is 7.11. The van der Waals surface area contributed by atoms with Gasteiger partial charge < -0.3 is 14.8 Å². The van der Waals surface area contributed by atoms with E-state index < -0.39 is 0 Å². The van der Waals surface area contributed by atoms with Gasteiger partial charge in [0.15, 0.2) is 0 Å². The fraction of sp³-hybridized carbons (Fsp3) is 0.692. The molecule has 0 aliphatic carbocycles. The van der Waals surface area contributed by atoms with Crippen molar-refractivity contribution in [2.45, 2.75) is 26.0 Å². The summed E-state index contributed by atoms with van der Waals surface area (Å²) in [4.78, 5) is 2.69. The van der Waals surface area contributed by atoms with Crippen molar-refractivity contribution in [1.29, 1.82) is 0 Å². The van der Waals surface area contributed by atoms with Crippen molar-refractivity contribution in [3.8, 4) is 0 Å². The molecule has 17 heavy (non-hydrogen) atoms. The minimum Gasteiger partial charge on any atom is -0.381 e. The number of nitrogens with one attached hydrogen (secondary N) is 1. The summed E-state index contributed by atoms with van der Waals surface area (Å²) in [5, 5.41) is 3.16. The number of hydrogen-bond donors (Lipinski definition) is 1. The number of thiophene rings is 1. The van der Waals surface area contributed by atoms with E-state index in [2.05, 4.69) is 17.4 Å². The molecular formula is C13H21NO2S. The van der Waals surface area contributed by atoms with Gasteiger partial charge in [0.05, 0.1) is 13.2 Å². The quantitative estimate of drug-likeness (QED) is 0.847. The summed E-state index contributed by atoms with van der Waals surface area (Å²) in [5.41, 5.74) is 0. The third-order valence-corrected chi connectivity index (χ3v) is 4.07. The van der Waals surface area contributed by atoms with E-state index in [0.29, 0.717) is 5.92 Å². The monoisotopic (exact) mass is 255 g/mol. The summed E-state index contributed by atoms with van der Waals surface area (Å²) >= 11 is 1.83. The molecule has 1 N–H and O–H groups in total. The highest BCUT2D eigenvalue weighted by Crippen LogP contribution is 2.19. The lowest BCUT2D eigenvalue weighted by Gasteiger charge is -2.21. The first-order valence-electron chi connectivity index (χ1n) is 6.26. The Morgan fingerprint density at radius 3 is 2.88 bits per heavy atom. The van der Waals surface area contributed by atoms with E-state index in [1.807, 2.05) is 18.4 Å². The molecule has 0 amide bonds. The van der Waals surface area contributed by atoms with E-state index >= 15 is 0 Å². The molecule has 2 heterocycles. The van der Waals surface area contributed by atoms with Gasteiger partial charge in [0.2, 0.25) is 0 Å². The lowest BCUT2D eigenvalue weighted by molar-refractivity contribution is 0.0163. The molecule has 1 aromatic rings. The second kappa shape index (κ2) is 7.11. The van der Waals surface area contributed by atoms with Gasteiger partial charge in [-0.05, 0) is 37.9 Å². The van der Waals surface area contributed by atoms with Crippen molar-refractivity contribution >= 4 is 11.3 Å². The van der Waals surface area contributed by atoms with Crippen LogP contribution in [-0.2, 0) is 22.6 Å². The number of hydrogen-bond acceptors (Lipinski definition) is 4. The van der Waals surface area contributed by atoms with E-state index in [1.165, 1.54) is 9.75 Å². The molecule has 4 heteroatoms. The Bertz CT molecular complexity index is 321. The minimum atomic E-state index is 0.695. The predicted octanol–water partition coefficient (Wildman–Crippen LogP) is 2.41. The standard InChI is InChI=1S/C13H21NO2S/c1-14-8-12-2-3-13(17-12)10-16-9-11-4-6-15-7-5-11/h2-3,11,14H,4-10H2,1H3. The van der Waals surface area contributed by atoms with Crippen LogP contribution in [0.5, 0.6) is 0 Å². The maximum absolute atomic E-state index is 5.79. The molecule has 96 valence electrons. The average molecular weight is 255 g/mol. The second-order valence-corrected chi connectivity index (χ2v) is 5.72. The molecule has 1 fully saturated rings.